The van der Waals surface area contributed by atoms with Crippen molar-refractivity contribution in [1.29, 1.82) is 0 Å². The van der Waals surface area contributed by atoms with E-state index in [9.17, 15) is 14.4 Å². The van der Waals surface area contributed by atoms with Crippen LogP contribution in [-0.4, -0.2) is 63.3 Å². The van der Waals surface area contributed by atoms with Crippen LogP contribution in [0.15, 0.2) is 47.0 Å². The van der Waals surface area contributed by atoms with Crippen molar-refractivity contribution in [3.05, 3.63) is 76.2 Å². The Morgan fingerprint density at radius 1 is 0.955 bits per heavy atom. The molecule has 0 bridgehead atoms. The van der Waals surface area contributed by atoms with Gasteiger partial charge in [0.1, 0.15) is 17.3 Å². The van der Waals surface area contributed by atoms with E-state index in [0.717, 1.165) is 59.9 Å². The molecule has 1 saturated carbocycles. The molecule has 44 heavy (non-hydrogen) atoms. The van der Waals surface area contributed by atoms with Crippen molar-refractivity contribution in [2.75, 3.05) is 14.2 Å². The smallest absolute Gasteiger partial charge is 0.336 e. The van der Waals surface area contributed by atoms with E-state index < -0.39 is 36.4 Å². The number of carboxylic acid groups (broad SMARTS) is 3. The molecule has 1 aliphatic carbocycles. The number of nitrogens with zero attached hydrogens (tertiary/aromatic N) is 1. The molecule has 4 rings (SSSR count). The number of hydrogen-bond donors (Lipinski definition) is 5. The van der Waals surface area contributed by atoms with Crippen molar-refractivity contribution >= 4 is 17.9 Å². The quantitative estimate of drug-likeness (QED) is 0.185. The Labute approximate surface area is 255 Å². The van der Waals surface area contributed by atoms with Gasteiger partial charge >= 0.3 is 17.9 Å². The summed E-state index contributed by atoms with van der Waals surface area (Å²) in [7, 11) is 3.43. The average Bonchev–Trinajstić information content (AvgIpc) is 3.59. The Kier molecular flexibility index (Phi) is 11.5. The number of ether oxygens (including phenoxy) is 2. The van der Waals surface area contributed by atoms with Crippen LogP contribution in [0.25, 0.3) is 0 Å². The molecule has 3 aromatic rings. The normalized spacial score (nSPS) is 13.9. The molecule has 0 aliphatic heterocycles. The van der Waals surface area contributed by atoms with E-state index in [1.54, 1.807) is 14.2 Å². The number of nitrogens with one attached hydrogen (secondary N) is 1. The first-order valence-corrected chi connectivity index (χ1v) is 14.2. The van der Waals surface area contributed by atoms with Gasteiger partial charge in [0.25, 0.3) is 0 Å². The summed E-state index contributed by atoms with van der Waals surface area (Å²) in [5.74, 6) is -2.35. The fourth-order valence-corrected chi connectivity index (χ4v) is 5.47. The number of carbonyl (C=O) groups is 3. The predicted octanol–water partition coefficient (Wildman–Crippen LogP) is 4.21. The average molecular weight is 613 g/mol. The van der Waals surface area contributed by atoms with Crippen molar-refractivity contribution < 1.29 is 48.8 Å². The Balaban J connectivity index is 0.000000345. The van der Waals surface area contributed by atoms with Crippen LogP contribution >= 0.6 is 0 Å². The van der Waals surface area contributed by atoms with Gasteiger partial charge in [-0.05, 0) is 61.6 Å². The topological polar surface area (TPSA) is 189 Å². The Morgan fingerprint density at radius 2 is 1.57 bits per heavy atom. The molecule has 1 aliphatic rings. The van der Waals surface area contributed by atoms with Crippen LogP contribution in [0.4, 0.5) is 0 Å². The number of rotatable bonds is 13. The van der Waals surface area contributed by atoms with E-state index in [2.05, 4.69) is 52.9 Å². The highest BCUT2D eigenvalue weighted by Gasteiger charge is 2.41. The fraction of sp³-hybridized carbons (Fsp3) is 0.438. The lowest BCUT2D eigenvalue weighted by Crippen LogP contribution is -2.42. The van der Waals surface area contributed by atoms with Crippen molar-refractivity contribution in [2.24, 2.45) is 0 Å². The summed E-state index contributed by atoms with van der Waals surface area (Å²) >= 11 is 0. The monoisotopic (exact) mass is 612 g/mol. The zero-order valence-corrected chi connectivity index (χ0v) is 25.4. The summed E-state index contributed by atoms with van der Waals surface area (Å²) < 4.78 is 16.3. The van der Waals surface area contributed by atoms with Gasteiger partial charge in [-0.1, -0.05) is 42.3 Å². The second-order valence-electron chi connectivity index (χ2n) is 11.0. The maximum Gasteiger partial charge on any atom is 0.336 e. The molecule has 0 atom stereocenters. The van der Waals surface area contributed by atoms with E-state index >= 15 is 0 Å². The Bertz CT molecular complexity index is 1410. The van der Waals surface area contributed by atoms with Crippen LogP contribution in [0.5, 0.6) is 11.5 Å². The number of aromatic nitrogens is 1. The summed E-state index contributed by atoms with van der Waals surface area (Å²) in [4.78, 5) is 30.5. The number of benzene rings is 2. The van der Waals surface area contributed by atoms with Crippen LogP contribution in [0.3, 0.4) is 0 Å². The lowest BCUT2D eigenvalue weighted by atomic mass is 9.87. The second kappa shape index (κ2) is 14.8. The number of hydrogen-bond acceptors (Lipinski definition) is 9. The zero-order chi connectivity index (χ0) is 32.5. The van der Waals surface area contributed by atoms with Gasteiger partial charge in [0.2, 0.25) is 0 Å². The third-order valence-electron chi connectivity index (χ3n) is 7.91. The van der Waals surface area contributed by atoms with E-state index in [1.165, 1.54) is 24.0 Å². The van der Waals surface area contributed by atoms with Crippen molar-refractivity contribution in [2.45, 2.75) is 76.5 Å². The van der Waals surface area contributed by atoms with E-state index in [-0.39, 0.29) is 5.54 Å². The highest BCUT2D eigenvalue weighted by Crippen LogP contribution is 2.39. The summed E-state index contributed by atoms with van der Waals surface area (Å²) in [5.41, 5.74) is 3.10. The standard InChI is InChI=1S/C26H32N2O3.C6H8O7/c1-18-24(19(2)31-28-18)16-21-15-20(7-12-25(21)30-4)17-27-26(13-5-6-14-26)22-8-10-23(29-3)11-9-22;7-3(8)1-6(13,5(11)12)2-4(9)10/h7-12,15,27H,5-6,13-14,16-17H2,1-4H3;13H,1-2H2,(H,7,8)(H,9,10)(H,11,12). The summed E-state index contributed by atoms with van der Waals surface area (Å²) in [5, 5.41) is 41.8. The molecular formula is C32H40N2O10. The molecule has 12 heteroatoms. The van der Waals surface area contributed by atoms with Gasteiger partial charge in [-0.25, -0.2) is 4.79 Å². The van der Waals surface area contributed by atoms with Gasteiger partial charge in [-0.15, -0.1) is 0 Å². The molecule has 0 amide bonds. The van der Waals surface area contributed by atoms with Gasteiger partial charge in [0, 0.05) is 24.1 Å². The molecule has 5 N–H and O–H groups in total. The number of aryl methyl sites for hydroxylation is 2. The minimum atomic E-state index is -2.74. The molecule has 0 spiro atoms. The van der Waals surface area contributed by atoms with Crippen LogP contribution in [0.1, 0.15) is 72.2 Å². The minimum absolute atomic E-state index is 0.0218. The van der Waals surface area contributed by atoms with Gasteiger partial charge in [0.15, 0.2) is 5.60 Å². The minimum Gasteiger partial charge on any atom is -0.497 e. The van der Waals surface area contributed by atoms with Gasteiger partial charge in [-0.3, -0.25) is 9.59 Å². The Morgan fingerprint density at radius 3 is 2.05 bits per heavy atom. The van der Waals surface area contributed by atoms with Crippen molar-refractivity contribution in [3.8, 4) is 11.5 Å². The second-order valence-corrected chi connectivity index (χ2v) is 11.0. The lowest BCUT2D eigenvalue weighted by Gasteiger charge is -2.31. The SMILES string of the molecule is COc1ccc(C2(NCc3ccc(OC)c(Cc4c(C)noc4C)c3)CCCC2)cc1.O=C(O)CC(O)(CC(=O)O)C(=O)O. The third kappa shape index (κ3) is 8.57. The van der Waals surface area contributed by atoms with Gasteiger partial charge < -0.3 is 39.7 Å². The lowest BCUT2D eigenvalue weighted by molar-refractivity contribution is -0.170. The van der Waals surface area contributed by atoms with E-state index in [4.69, 9.17) is 34.4 Å². The number of aliphatic carboxylic acids is 3. The highest BCUT2D eigenvalue weighted by molar-refractivity contribution is 5.88. The van der Waals surface area contributed by atoms with Gasteiger partial charge in [0.05, 0.1) is 32.8 Å². The molecule has 1 fully saturated rings. The van der Waals surface area contributed by atoms with Crippen molar-refractivity contribution in [3.63, 3.8) is 0 Å². The zero-order valence-electron chi connectivity index (χ0n) is 25.4. The molecule has 2 aromatic carbocycles. The van der Waals surface area contributed by atoms with Crippen LogP contribution in [0, 0.1) is 13.8 Å². The third-order valence-corrected chi connectivity index (χ3v) is 7.91. The predicted molar refractivity (Wildman–Crippen MR) is 159 cm³/mol. The number of methoxy groups -OCH3 is 2. The van der Waals surface area contributed by atoms with Crippen molar-refractivity contribution in [1.82, 2.24) is 10.5 Å². The first-order valence-electron chi connectivity index (χ1n) is 14.2. The molecule has 12 nitrogen and oxygen atoms in total. The largest absolute Gasteiger partial charge is 0.497 e. The van der Waals surface area contributed by atoms with Crippen LogP contribution < -0.4 is 14.8 Å². The Hall–Kier alpha value is -4.42. The van der Waals surface area contributed by atoms with Crippen LogP contribution in [-0.2, 0) is 32.9 Å². The molecule has 1 aromatic heterocycles. The number of carboxylic acids is 3. The maximum atomic E-state index is 10.3. The molecule has 1 heterocycles. The molecule has 0 saturated heterocycles. The summed E-state index contributed by atoms with van der Waals surface area (Å²) in [6, 6.07) is 15.0. The van der Waals surface area contributed by atoms with E-state index in [0.29, 0.717) is 0 Å². The first kappa shape index (κ1) is 34.1. The first-order chi connectivity index (χ1) is 20.8. The highest BCUT2D eigenvalue weighted by atomic mass is 16.5. The van der Waals surface area contributed by atoms with Crippen LogP contribution in [0.2, 0.25) is 0 Å². The molecule has 0 radical (unpaired) electrons. The fourth-order valence-electron chi connectivity index (χ4n) is 5.47. The molecule has 238 valence electrons. The van der Waals surface area contributed by atoms with Gasteiger partial charge in [-0.2, -0.15) is 0 Å². The summed E-state index contributed by atoms with van der Waals surface area (Å²) in [6.45, 7) is 4.76. The van der Waals surface area contributed by atoms with E-state index in [1.807, 2.05) is 13.8 Å². The number of aliphatic hydroxyl groups is 1. The molecule has 0 unspecified atom stereocenters. The molecular weight excluding hydrogens is 572 g/mol. The summed E-state index contributed by atoms with van der Waals surface area (Å²) in [6.07, 6.45) is 3.27. The maximum absolute atomic E-state index is 10.3.